The van der Waals surface area contributed by atoms with Crippen LogP contribution in [0.1, 0.15) is 37.1 Å². The molecule has 0 spiro atoms. The Balaban J connectivity index is 1.34. The number of pyridine rings is 1. The summed E-state index contributed by atoms with van der Waals surface area (Å²) in [5, 5.41) is 14.6. The lowest BCUT2D eigenvalue weighted by molar-refractivity contribution is 0.376. The van der Waals surface area contributed by atoms with E-state index in [0.29, 0.717) is 6.04 Å². The second-order valence-electron chi connectivity index (χ2n) is 7.11. The fraction of sp³-hybridized carbons (Fsp3) is 0.381. The summed E-state index contributed by atoms with van der Waals surface area (Å²) < 4.78 is 0. The molecule has 1 aromatic carbocycles. The minimum absolute atomic E-state index is 0.272. The largest absolute Gasteiger partial charge is 0.347 e. The van der Waals surface area contributed by atoms with Crippen molar-refractivity contribution in [2.24, 2.45) is 0 Å². The molecule has 1 atom stereocenters. The van der Waals surface area contributed by atoms with Crippen molar-refractivity contribution < 1.29 is 0 Å². The molecule has 2 aromatic heterocycles. The standard InChI is InChI=1S/C21H25N5S/c1-15-7-6-12-22-19(15)16(2)23-18-10-13-26(14-11-18)21-25-24-20(27-21)17-8-4-3-5-9-17/h3-9,12,16,18,23H,10-11,13-14H2,1-2H3. The van der Waals surface area contributed by atoms with Gasteiger partial charge < -0.3 is 10.2 Å². The second kappa shape index (κ2) is 8.15. The van der Waals surface area contributed by atoms with Crippen LogP contribution in [0.25, 0.3) is 10.6 Å². The van der Waals surface area contributed by atoms with Crippen LogP contribution in [0.3, 0.4) is 0 Å². The number of nitrogens with one attached hydrogen (secondary N) is 1. The lowest BCUT2D eigenvalue weighted by atomic mass is 10.0. The monoisotopic (exact) mass is 379 g/mol. The van der Waals surface area contributed by atoms with Crippen molar-refractivity contribution in [2.75, 3.05) is 18.0 Å². The van der Waals surface area contributed by atoms with E-state index in [1.807, 2.05) is 30.5 Å². The van der Waals surface area contributed by atoms with Crippen LogP contribution in [0.5, 0.6) is 0 Å². The maximum Gasteiger partial charge on any atom is 0.208 e. The highest BCUT2D eigenvalue weighted by Crippen LogP contribution is 2.30. The maximum absolute atomic E-state index is 4.55. The van der Waals surface area contributed by atoms with Gasteiger partial charge in [-0.1, -0.05) is 47.7 Å². The van der Waals surface area contributed by atoms with Gasteiger partial charge in [0.2, 0.25) is 5.13 Å². The first-order chi connectivity index (χ1) is 13.2. The minimum Gasteiger partial charge on any atom is -0.347 e. The first-order valence-corrected chi connectivity index (χ1v) is 10.3. The number of benzene rings is 1. The van der Waals surface area contributed by atoms with E-state index >= 15 is 0 Å². The van der Waals surface area contributed by atoms with Crippen molar-refractivity contribution in [3.8, 4) is 10.6 Å². The first-order valence-electron chi connectivity index (χ1n) is 9.52. The molecular weight excluding hydrogens is 354 g/mol. The van der Waals surface area contributed by atoms with Gasteiger partial charge in [-0.05, 0) is 38.3 Å². The molecule has 140 valence electrons. The molecule has 3 heterocycles. The quantitative estimate of drug-likeness (QED) is 0.719. The summed E-state index contributed by atoms with van der Waals surface area (Å²) in [7, 11) is 0. The zero-order valence-corrected chi connectivity index (χ0v) is 16.6. The van der Waals surface area contributed by atoms with Crippen molar-refractivity contribution in [1.29, 1.82) is 0 Å². The van der Waals surface area contributed by atoms with Crippen LogP contribution in [-0.2, 0) is 0 Å². The van der Waals surface area contributed by atoms with Crippen LogP contribution in [0, 0.1) is 6.92 Å². The SMILES string of the molecule is Cc1cccnc1C(C)NC1CCN(c2nnc(-c3ccccc3)s2)CC1. The van der Waals surface area contributed by atoms with Crippen molar-refractivity contribution in [1.82, 2.24) is 20.5 Å². The van der Waals surface area contributed by atoms with Crippen LogP contribution >= 0.6 is 11.3 Å². The molecule has 3 aromatic rings. The zero-order valence-electron chi connectivity index (χ0n) is 15.8. The number of piperidine rings is 1. The lowest BCUT2D eigenvalue weighted by Gasteiger charge is -2.33. The number of nitrogens with zero attached hydrogens (tertiary/aromatic N) is 4. The molecule has 0 radical (unpaired) electrons. The molecule has 1 unspecified atom stereocenters. The smallest absolute Gasteiger partial charge is 0.208 e. The van der Waals surface area contributed by atoms with Gasteiger partial charge in [0.05, 0.1) is 5.69 Å². The van der Waals surface area contributed by atoms with Gasteiger partial charge in [0.25, 0.3) is 0 Å². The highest BCUT2D eigenvalue weighted by Gasteiger charge is 2.24. The van der Waals surface area contributed by atoms with Gasteiger partial charge in [0.1, 0.15) is 5.01 Å². The molecule has 0 aliphatic carbocycles. The number of hydrogen-bond acceptors (Lipinski definition) is 6. The minimum atomic E-state index is 0.272. The third kappa shape index (κ3) is 4.17. The van der Waals surface area contributed by atoms with Crippen LogP contribution < -0.4 is 10.2 Å². The summed E-state index contributed by atoms with van der Waals surface area (Å²) in [5.41, 5.74) is 3.53. The lowest BCUT2D eigenvalue weighted by Crippen LogP contribution is -2.43. The van der Waals surface area contributed by atoms with Crippen LogP contribution in [0.4, 0.5) is 5.13 Å². The van der Waals surface area contributed by atoms with Gasteiger partial charge in [-0.2, -0.15) is 0 Å². The van der Waals surface area contributed by atoms with Gasteiger partial charge in [-0.3, -0.25) is 4.98 Å². The maximum atomic E-state index is 4.55. The van der Waals surface area contributed by atoms with Crippen molar-refractivity contribution in [3.63, 3.8) is 0 Å². The van der Waals surface area contributed by atoms with Crippen molar-refractivity contribution in [2.45, 2.75) is 38.8 Å². The van der Waals surface area contributed by atoms with Gasteiger partial charge in [-0.25, -0.2) is 0 Å². The van der Waals surface area contributed by atoms with Crippen LogP contribution in [0.2, 0.25) is 0 Å². The summed E-state index contributed by atoms with van der Waals surface area (Å²) >= 11 is 1.68. The Labute approximate surface area is 164 Å². The van der Waals surface area contributed by atoms with Crippen LogP contribution in [0.15, 0.2) is 48.7 Å². The van der Waals surface area contributed by atoms with E-state index < -0.39 is 0 Å². The molecule has 1 fully saturated rings. The van der Waals surface area contributed by atoms with Gasteiger partial charge in [0.15, 0.2) is 0 Å². The molecular formula is C21H25N5S. The molecule has 0 saturated carbocycles. The summed E-state index contributed by atoms with van der Waals surface area (Å²) in [6.07, 6.45) is 4.09. The molecule has 1 aliphatic heterocycles. The Morgan fingerprint density at radius 1 is 1.07 bits per heavy atom. The fourth-order valence-corrected chi connectivity index (χ4v) is 4.56. The normalized spacial score (nSPS) is 16.4. The van der Waals surface area contributed by atoms with Crippen LogP contribution in [-0.4, -0.2) is 34.3 Å². The predicted molar refractivity (Wildman–Crippen MR) is 111 cm³/mol. The summed E-state index contributed by atoms with van der Waals surface area (Å²) in [4.78, 5) is 6.91. The molecule has 1 saturated heterocycles. The molecule has 5 nitrogen and oxygen atoms in total. The Bertz CT molecular complexity index is 871. The zero-order chi connectivity index (χ0) is 18.6. The first kappa shape index (κ1) is 18.1. The number of hydrogen-bond donors (Lipinski definition) is 1. The van der Waals surface area contributed by atoms with Gasteiger partial charge >= 0.3 is 0 Å². The third-order valence-electron chi connectivity index (χ3n) is 5.15. The van der Waals surface area contributed by atoms with Gasteiger partial charge in [0, 0.05) is 36.9 Å². The third-order valence-corrected chi connectivity index (χ3v) is 6.18. The fourth-order valence-electron chi connectivity index (χ4n) is 3.66. The van der Waals surface area contributed by atoms with E-state index in [9.17, 15) is 0 Å². The molecule has 1 N–H and O–H groups in total. The molecule has 6 heteroatoms. The topological polar surface area (TPSA) is 53.9 Å². The van der Waals surface area contributed by atoms with Crippen molar-refractivity contribution in [3.05, 3.63) is 59.9 Å². The van der Waals surface area contributed by atoms with E-state index in [0.717, 1.165) is 47.3 Å². The summed E-state index contributed by atoms with van der Waals surface area (Å²) in [6.45, 7) is 6.35. The van der Waals surface area contributed by atoms with E-state index in [4.69, 9.17) is 0 Å². The number of anilines is 1. The van der Waals surface area contributed by atoms with E-state index in [2.05, 4.69) is 57.4 Å². The number of aromatic nitrogens is 3. The predicted octanol–water partition coefficient (Wildman–Crippen LogP) is 4.23. The van der Waals surface area contributed by atoms with E-state index in [1.165, 1.54) is 5.56 Å². The van der Waals surface area contributed by atoms with E-state index in [-0.39, 0.29) is 6.04 Å². The number of aryl methyl sites for hydroxylation is 1. The Morgan fingerprint density at radius 2 is 1.85 bits per heavy atom. The average molecular weight is 380 g/mol. The Kier molecular flexibility index (Phi) is 5.45. The molecule has 1 aliphatic rings. The average Bonchev–Trinajstić information content (AvgIpc) is 3.20. The molecule has 0 bridgehead atoms. The summed E-state index contributed by atoms with van der Waals surface area (Å²) in [5.74, 6) is 0. The summed E-state index contributed by atoms with van der Waals surface area (Å²) in [6, 6.07) is 15.2. The molecule has 27 heavy (non-hydrogen) atoms. The number of rotatable bonds is 5. The molecule has 0 amide bonds. The Hall–Kier alpha value is -2.31. The Morgan fingerprint density at radius 3 is 2.59 bits per heavy atom. The van der Waals surface area contributed by atoms with Crippen molar-refractivity contribution >= 4 is 16.5 Å². The highest BCUT2D eigenvalue weighted by atomic mass is 32.1. The van der Waals surface area contributed by atoms with Gasteiger partial charge in [-0.15, -0.1) is 10.2 Å². The highest BCUT2D eigenvalue weighted by molar-refractivity contribution is 7.18. The van der Waals surface area contributed by atoms with E-state index in [1.54, 1.807) is 11.3 Å². The molecule has 4 rings (SSSR count). The second-order valence-corrected chi connectivity index (χ2v) is 8.07.